The summed E-state index contributed by atoms with van der Waals surface area (Å²) in [6, 6.07) is 14.5. The van der Waals surface area contributed by atoms with Gasteiger partial charge in [-0.2, -0.15) is 0 Å². The molecular formula is C14H16ClNS. The van der Waals surface area contributed by atoms with Crippen molar-refractivity contribution in [2.75, 3.05) is 13.1 Å². The standard InChI is InChI=1S/C14H16ClNS/c15-14(12-5-2-1-3-6-12)11-16-9-8-13-7-4-10-17-13/h1-7,10,14,16H,8-9,11H2. The van der Waals surface area contributed by atoms with Crippen molar-refractivity contribution >= 4 is 22.9 Å². The highest BCUT2D eigenvalue weighted by Crippen LogP contribution is 2.18. The maximum atomic E-state index is 6.31. The van der Waals surface area contributed by atoms with Gasteiger partial charge < -0.3 is 5.32 Å². The van der Waals surface area contributed by atoms with E-state index < -0.39 is 0 Å². The van der Waals surface area contributed by atoms with Crippen LogP contribution < -0.4 is 5.32 Å². The highest BCUT2D eigenvalue weighted by molar-refractivity contribution is 7.09. The van der Waals surface area contributed by atoms with E-state index in [4.69, 9.17) is 11.6 Å². The maximum absolute atomic E-state index is 6.31. The normalized spacial score (nSPS) is 12.5. The molecule has 1 atom stereocenters. The van der Waals surface area contributed by atoms with Gasteiger partial charge in [0.15, 0.2) is 0 Å². The molecule has 1 heterocycles. The number of rotatable bonds is 6. The van der Waals surface area contributed by atoms with Crippen LogP contribution in [0.1, 0.15) is 15.8 Å². The van der Waals surface area contributed by atoms with E-state index in [2.05, 4.69) is 35.0 Å². The third-order valence-electron chi connectivity index (χ3n) is 2.61. The first-order valence-electron chi connectivity index (χ1n) is 5.78. The van der Waals surface area contributed by atoms with Gasteiger partial charge in [0.1, 0.15) is 0 Å². The van der Waals surface area contributed by atoms with Crippen LogP contribution in [0.15, 0.2) is 47.8 Å². The van der Waals surface area contributed by atoms with Crippen LogP contribution in [0.4, 0.5) is 0 Å². The van der Waals surface area contributed by atoms with Gasteiger partial charge in [-0.25, -0.2) is 0 Å². The molecule has 0 aliphatic carbocycles. The van der Waals surface area contributed by atoms with Crippen LogP contribution in [0.2, 0.25) is 0 Å². The summed E-state index contributed by atoms with van der Waals surface area (Å²) in [5, 5.41) is 5.57. The van der Waals surface area contributed by atoms with E-state index in [9.17, 15) is 0 Å². The fraction of sp³-hybridized carbons (Fsp3) is 0.286. The minimum atomic E-state index is 0.0551. The maximum Gasteiger partial charge on any atom is 0.0709 e. The Labute approximate surface area is 111 Å². The van der Waals surface area contributed by atoms with E-state index in [0.29, 0.717) is 0 Å². The minimum absolute atomic E-state index is 0.0551. The molecule has 1 N–H and O–H groups in total. The first-order valence-corrected chi connectivity index (χ1v) is 7.10. The zero-order valence-electron chi connectivity index (χ0n) is 9.60. The molecule has 3 heteroatoms. The summed E-state index contributed by atoms with van der Waals surface area (Å²) in [6.45, 7) is 1.80. The molecule has 2 aromatic rings. The molecule has 2 rings (SSSR count). The van der Waals surface area contributed by atoms with Crippen LogP contribution in [0.25, 0.3) is 0 Å². The van der Waals surface area contributed by atoms with Crippen molar-refractivity contribution in [1.82, 2.24) is 5.32 Å². The van der Waals surface area contributed by atoms with Crippen LogP contribution >= 0.6 is 22.9 Å². The summed E-state index contributed by atoms with van der Waals surface area (Å²) in [6.07, 6.45) is 1.08. The molecule has 0 saturated heterocycles. The van der Waals surface area contributed by atoms with Crippen molar-refractivity contribution in [2.24, 2.45) is 0 Å². The van der Waals surface area contributed by atoms with E-state index in [0.717, 1.165) is 19.5 Å². The zero-order valence-corrected chi connectivity index (χ0v) is 11.2. The van der Waals surface area contributed by atoms with E-state index in [1.54, 1.807) is 11.3 Å². The Kier molecular flexibility index (Phi) is 5.05. The number of nitrogens with one attached hydrogen (secondary N) is 1. The van der Waals surface area contributed by atoms with Crippen LogP contribution in [0.3, 0.4) is 0 Å². The first-order chi connectivity index (χ1) is 8.36. The van der Waals surface area contributed by atoms with Crippen molar-refractivity contribution < 1.29 is 0 Å². The second kappa shape index (κ2) is 6.80. The molecule has 1 nitrogen and oxygen atoms in total. The van der Waals surface area contributed by atoms with Crippen LogP contribution in [0, 0.1) is 0 Å². The Morgan fingerprint density at radius 2 is 1.94 bits per heavy atom. The second-order valence-corrected chi connectivity index (χ2v) is 5.47. The van der Waals surface area contributed by atoms with Crippen LogP contribution in [0.5, 0.6) is 0 Å². The van der Waals surface area contributed by atoms with E-state index in [1.165, 1.54) is 10.4 Å². The molecule has 90 valence electrons. The largest absolute Gasteiger partial charge is 0.315 e. The Hall–Kier alpha value is -0.830. The summed E-state index contributed by atoms with van der Waals surface area (Å²) < 4.78 is 0. The number of alkyl halides is 1. The fourth-order valence-corrected chi connectivity index (χ4v) is 2.64. The molecule has 1 aromatic heterocycles. The van der Waals surface area contributed by atoms with Crippen LogP contribution in [-0.2, 0) is 6.42 Å². The molecule has 0 amide bonds. The van der Waals surface area contributed by atoms with Crippen molar-refractivity contribution in [3.63, 3.8) is 0 Å². The van der Waals surface area contributed by atoms with Gasteiger partial charge in [-0.15, -0.1) is 22.9 Å². The average Bonchev–Trinajstić information content (AvgIpc) is 2.88. The molecule has 1 aromatic carbocycles. The van der Waals surface area contributed by atoms with Gasteiger partial charge in [0.2, 0.25) is 0 Å². The smallest absolute Gasteiger partial charge is 0.0709 e. The third kappa shape index (κ3) is 4.15. The van der Waals surface area contributed by atoms with Gasteiger partial charge in [0.25, 0.3) is 0 Å². The van der Waals surface area contributed by atoms with Crippen molar-refractivity contribution in [3.8, 4) is 0 Å². The Balaban J connectivity index is 1.68. The van der Waals surface area contributed by atoms with Gasteiger partial charge in [0.05, 0.1) is 5.38 Å². The van der Waals surface area contributed by atoms with Crippen LogP contribution in [-0.4, -0.2) is 13.1 Å². The first kappa shape index (κ1) is 12.6. The number of benzene rings is 1. The SMILES string of the molecule is ClC(CNCCc1cccs1)c1ccccc1. The predicted molar refractivity (Wildman–Crippen MR) is 75.9 cm³/mol. The topological polar surface area (TPSA) is 12.0 Å². The molecule has 1 unspecified atom stereocenters. The second-order valence-electron chi connectivity index (χ2n) is 3.91. The molecule has 0 fully saturated rings. The van der Waals surface area contributed by atoms with Gasteiger partial charge in [-0.05, 0) is 23.4 Å². The Bertz CT molecular complexity index is 413. The summed E-state index contributed by atoms with van der Waals surface area (Å²) in [7, 11) is 0. The fourth-order valence-electron chi connectivity index (χ4n) is 1.67. The highest BCUT2D eigenvalue weighted by Gasteiger charge is 2.05. The van der Waals surface area contributed by atoms with Gasteiger partial charge >= 0.3 is 0 Å². The predicted octanol–water partition coefficient (Wildman–Crippen LogP) is 3.86. The van der Waals surface area contributed by atoms with E-state index >= 15 is 0 Å². The zero-order chi connectivity index (χ0) is 11.9. The summed E-state index contributed by atoms with van der Waals surface area (Å²) in [5.41, 5.74) is 1.18. The minimum Gasteiger partial charge on any atom is -0.315 e. The van der Waals surface area contributed by atoms with E-state index in [-0.39, 0.29) is 5.38 Å². The summed E-state index contributed by atoms with van der Waals surface area (Å²) in [5.74, 6) is 0. The Morgan fingerprint density at radius 3 is 2.65 bits per heavy atom. The molecule has 0 aliphatic heterocycles. The molecule has 17 heavy (non-hydrogen) atoms. The number of hydrogen-bond acceptors (Lipinski definition) is 2. The Morgan fingerprint density at radius 1 is 1.12 bits per heavy atom. The number of hydrogen-bond donors (Lipinski definition) is 1. The van der Waals surface area contributed by atoms with Gasteiger partial charge in [-0.3, -0.25) is 0 Å². The van der Waals surface area contributed by atoms with E-state index in [1.807, 2.05) is 18.2 Å². The highest BCUT2D eigenvalue weighted by atomic mass is 35.5. The molecule has 0 saturated carbocycles. The van der Waals surface area contributed by atoms with Crippen molar-refractivity contribution in [3.05, 3.63) is 58.3 Å². The monoisotopic (exact) mass is 265 g/mol. The van der Waals surface area contributed by atoms with Gasteiger partial charge in [0, 0.05) is 18.0 Å². The lowest BCUT2D eigenvalue weighted by Gasteiger charge is -2.10. The average molecular weight is 266 g/mol. The van der Waals surface area contributed by atoms with Gasteiger partial charge in [-0.1, -0.05) is 36.4 Å². The molecule has 0 radical (unpaired) electrons. The van der Waals surface area contributed by atoms with Crippen molar-refractivity contribution in [1.29, 1.82) is 0 Å². The number of thiophene rings is 1. The molecular weight excluding hydrogens is 250 g/mol. The lowest BCUT2D eigenvalue weighted by atomic mass is 10.1. The third-order valence-corrected chi connectivity index (χ3v) is 3.96. The lowest BCUT2D eigenvalue weighted by Crippen LogP contribution is -2.21. The molecule has 0 bridgehead atoms. The molecule has 0 spiro atoms. The quantitative estimate of drug-likeness (QED) is 0.618. The summed E-state index contributed by atoms with van der Waals surface area (Å²) in [4.78, 5) is 1.42. The van der Waals surface area contributed by atoms with Crippen molar-refractivity contribution in [2.45, 2.75) is 11.8 Å². The number of halogens is 1. The molecule has 0 aliphatic rings. The lowest BCUT2D eigenvalue weighted by molar-refractivity contribution is 0.673. The summed E-state index contributed by atoms with van der Waals surface area (Å²) >= 11 is 8.11.